The zero-order chi connectivity index (χ0) is 23.3. The summed E-state index contributed by atoms with van der Waals surface area (Å²) >= 11 is 0. The summed E-state index contributed by atoms with van der Waals surface area (Å²) in [4.78, 5) is 22.8. The first kappa shape index (κ1) is 24.0. The molecule has 0 spiro atoms. The predicted octanol–water partition coefficient (Wildman–Crippen LogP) is 2.19. The third kappa shape index (κ3) is 5.98. The minimum Gasteiger partial charge on any atom is -0.392 e. The van der Waals surface area contributed by atoms with Gasteiger partial charge in [-0.25, -0.2) is 18.7 Å². The van der Waals surface area contributed by atoms with Gasteiger partial charge in [0.1, 0.15) is 12.1 Å². The van der Waals surface area contributed by atoms with Gasteiger partial charge in [-0.3, -0.25) is 9.69 Å². The minimum absolute atomic E-state index is 0.0131. The number of amides is 1. The van der Waals surface area contributed by atoms with Crippen molar-refractivity contribution in [2.45, 2.75) is 45.8 Å². The number of anilines is 1. The van der Waals surface area contributed by atoms with Crippen LogP contribution in [-0.4, -0.2) is 58.2 Å². The van der Waals surface area contributed by atoms with Crippen molar-refractivity contribution in [1.82, 2.24) is 14.9 Å². The normalized spacial score (nSPS) is 19.2. The van der Waals surface area contributed by atoms with E-state index in [4.69, 9.17) is 5.73 Å². The lowest BCUT2D eigenvalue weighted by molar-refractivity contribution is -0.120. The first-order chi connectivity index (χ1) is 15.3. The number of benzene rings is 1. The maximum atomic E-state index is 15.3. The number of nitrogens with two attached hydrogens (primary N) is 1. The number of rotatable bonds is 9. The monoisotopic (exact) mass is 447 g/mol. The first-order valence-corrected chi connectivity index (χ1v) is 11.0. The number of halogens is 2. The molecule has 3 rings (SSSR count). The number of primary amides is 1. The maximum absolute atomic E-state index is 15.3. The van der Waals surface area contributed by atoms with Crippen LogP contribution in [0.3, 0.4) is 0 Å². The highest BCUT2D eigenvalue weighted by atomic mass is 19.1. The van der Waals surface area contributed by atoms with Crippen LogP contribution in [0.15, 0.2) is 24.5 Å². The predicted molar refractivity (Wildman–Crippen MR) is 118 cm³/mol. The van der Waals surface area contributed by atoms with Crippen molar-refractivity contribution >= 4 is 11.7 Å². The van der Waals surface area contributed by atoms with Crippen LogP contribution >= 0.6 is 0 Å². The van der Waals surface area contributed by atoms with Gasteiger partial charge in [-0.05, 0) is 57.2 Å². The number of piperidine rings is 1. The van der Waals surface area contributed by atoms with Gasteiger partial charge in [0, 0.05) is 25.2 Å². The number of nitrogens with zero attached hydrogens (tertiary/aromatic N) is 4. The lowest BCUT2D eigenvalue weighted by Gasteiger charge is -2.35. The highest BCUT2D eigenvalue weighted by molar-refractivity contribution is 5.75. The zero-order valence-corrected chi connectivity index (χ0v) is 18.6. The molecule has 1 saturated heterocycles. The van der Waals surface area contributed by atoms with Gasteiger partial charge in [0.15, 0.2) is 11.6 Å². The average molecular weight is 448 g/mol. The molecule has 1 aliphatic rings. The summed E-state index contributed by atoms with van der Waals surface area (Å²) in [7, 11) is 0. The van der Waals surface area contributed by atoms with E-state index in [0.717, 1.165) is 5.56 Å². The van der Waals surface area contributed by atoms with Crippen molar-refractivity contribution in [2.24, 2.45) is 11.7 Å². The van der Waals surface area contributed by atoms with E-state index in [0.29, 0.717) is 44.5 Å². The summed E-state index contributed by atoms with van der Waals surface area (Å²) in [5.74, 6) is -1.12. The third-order valence-corrected chi connectivity index (χ3v) is 6.03. The summed E-state index contributed by atoms with van der Waals surface area (Å²) in [5, 5.41) is 10.4. The summed E-state index contributed by atoms with van der Waals surface area (Å²) in [6.45, 7) is 5.50. The van der Waals surface area contributed by atoms with Crippen molar-refractivity contribution in [3.8, 4) is 0 Å². The van der Waals surface area contributed by atoms with E-state index < -0.39 is 17.8 Å². The number of carbonyl (C=O) groups is 1. The number of hydrogen-bond acceptors (Lipinski definition) is 6. The molecule has 0 saturated carbocycles. The minimum atomic E-state index is -0.607. The van der Waals surface area contributed by atoms with Gasteiger partial charge in [0.2, 0.25) is 5.91 Å². The quantitative estimate of drug-likeness (QED) is 0.612. The standard InChI is InChI=1S/C23H31F2N5O2/c1-3-30(11-17-5-4-15(2)10-18(17)24)23-22(25)19(27-14-28-23)7-6-16-8-9-29(12-20(16)31)13-21(26)32/h4-5,10,14,16,20,31H,3,6-9,11-13H2,1-2H3,(H2,26,32)/t16-,20-/m0/s1. The second kappa shape index (κ2) is 10.8. The molecule has 3 N–H and O–H groups in total. The van der Waals surface area contributed by atoms with Crippen molar-refractivity contribution < 1.29 is 18.7 Å². The van der Waals surface area contributed by atoms with E-state index in [-0.39, 0.29) is 36.3 Å². The SMILES string of the molecule is CCN(Cc1ccc(C)cc1F)c1ncnc(CC[C@H]2CCN(CC(N)=O)C[C@@H]2O)c1F. The zero-order valence-electron chi connectivity index (χ0n) is 18.6. The van der Waals surface area contributed by atoms with Crippen molar-refractivity contribution in [1.29, 1.82) is 0 Å². The summed E-state index contributed by atoms with van der Waals surface area (Å²) < 4.78 is 29.5. The number of β-amino-alcohol motifs (C(OH)–C–C–N with tert-alkyl or cyclic N) is 1. The highest BCUT2D eigenvalue weighted by Crippen LogP contribution is 2.26. The van der Waals surface area contributed by atoms with Crippen LogP contribution < -0.4 is 10.6 Å². The number of carbonyl (C=O) groups excluding carboxylic acids is 1. The van der Waals surface area contributed by atoms with Crippen LogP contribution in [0, 0.1) is 24.5 Å². The summed E-state index contributed by atoms with van der Waals surface area (Å²) in [6.07, 6.45) is 2.34. The van der Waals surface area contributed by atoms with Gasteiger partial charge in [0.05, 0.1) is 18.3 Å². The van der Waals surface area contributed by atoms with E-state index in [2.05, 4.69) is 9.97 Å². The molecule has 174 valence electrons. The Morgan fingerprint density at radius 1 is 1.34 bits per heavy atom. The van der Waals surface area contributed by atoms with E-state index in [1.807, 2.05) is 24.8 Å². The fraction of sp³-hybridized carbons (Fsp3) is 0.522. The van der Waals surface area contributed by atoms with Crippen LogP contribution in [0.4, 0.5) is 14.6 Å². The van der Waals surface area contributed by atoms with E-state index in [1.54, 1.807) is 11.0 Å². The Balaban J connectivity index is 1.66. The molecule has 7 nitrogen and oxygen atoms in total. The number of aliphatic hydroxyl groups is 1. The molecule has 0 radical (unpaired) electrons. The van der Waals surface area contributed by atoms with Crippen LogP contribution in [0.5, 0.6) is 0 Å². The van der Waals surface area contributed by atoms with Crippen LogP contribution in [-0.2, 0) is 17.8 Å². The maximum Gasteiger partial charge on any atom is 0.231 e. The lowest BCUT2D eigenvalue weighted by Crippen LogP contribution is -2.46. The molecule has 2 heterocycles. The van der Waals surface area contributed by atoms with Crippen LogP contribution in [0.2, 0.25) is 0 Å². The van der Waals surface area contributed by atoms with Gasteiger partial charge in [-0.1, -0.05) is 12.1 Å². The molecule has 32 heavy (non-hydrogen) atoms. The smallest absolute Gasteiger partial charge is 0.231 e. The molecule has 1 aromatic carbocycles. The van der Waals surface area contributed by atoms with E-state index >= 15 is 4.39 Å². The lowest BCUT2D eigenvalue weighted by atomic mass is 9.89. The molecule has 1 aromatic heterocycles. The highest BCUT2D eigenvalue weighted by Gasteiger charge is 2.28. The van der Waals surface area contributed by atoms with Gasteiger partial charge in [0.25, 0.3) is 0 Å². The Morgan fingerprint density at radius 3 is 2.78 bits per heavy atom. The second-order valence-corrected chi connectivity index (χ2v) is 8.42. The Morgan fingerprint density at radius 2 is 2.12 bits per heavy atom. The molecule has 1 fully saturated rings. The molecule has 1 amide bonds. The fourth-order valence-corrected chi connectivity index (χ4v) is 4.18. The molecule has 1 aliphatic heterocycles. The molecular formula is C23H31F2N5O2. The molecule has 0 bridgehead atoms. The average Bonchev–Trinajstić information content (AvgIpc) is 2.73. The Labute approximate surface area is 187 Å². The Bertz CT molecular complexity index is 943. The molecular weight excluding hydrogens is 416 g/mol. The van der Waals surface area contributed by atoms with E-state index in [1.165, 1.54) is 12.4 Å². The second-order valence-electron chi connectivity index (χ2n) is 8.42. The fourth-order valence-electron chi connectivity index (χ4n) is 4.18. The molecule has 9 heteroatoms. The Kier molecular flexibility index (Phi) is 8.09. The van der Waals surface area contributed by atoms with Gasteiger partial charge in [-0.2, -0.15) is 0 Å². The third-order valence-electron chi connectivity index (χ3n) is 6.03. The van der Waals surface area contributed by atoms with Crippen molar-refractivity contribution in [3.63, 3.8) is 0 Å². The van der Waals surface area contributed by atoms with Gasteiger partial charge >= 0.3 is 0 Å². The number of aryl methyl sites for hydroxylation is 2. The van der Waals surface area contributed by atoms with Gasteiger partial charge < -0.3 is 15.7 Å². The Hall–Kier alpha value is -2.65. The topological polar surface area (TPSA) is 95.6 Å². The number of aliphatic hydroxyl groups excluding tert-OH is 1. The summed E-state index contributed by atoms with van der Waals surface area (Å²) in [5.41, 5.74) is 6.81. The number of likely N-dealkylation sites (tertiary alicyclic amines) is 1. The van der Waals surface area contributed by atoms with Crippen molar-refractivity contribution in [3.05, 3.63) is 53.0 Å². The summed E-state index contributed by atoms with van der Waals surface area (Å²) in [6, 6.07) is 5.00. The van der Waals surface area contributed by atoms with Crippen LogP contribution in [0.25, 0.3) is 0 Å². The van der Waals surface area contributed by atoms with Gasteiger partial charge in [-0.15, -0.1) is 0 Å². The number of hydrogen-bond donors (Lipinski definition) is 2. The van der Waals surface area contributed by atoms with E-state index in [9.17, 15) is 14.3 Å². The van der Waals surface area contributed by atoms with Crippen molar-refractivity contribution in [2.75, 3.05) is 31.1 Å². The molecule has 0 aliphatic carbocycles. The molecule has 0 unspecified atom stereocenters. The molecule has 2 atom stereocenters. The largest absolute Gasteiger partial charge is 0.392 e. The number of aromatic nitrogens is 2. The van der Waals surface area contributed by atoms with Crippen LogP contribution in [0.1, 0.15) is 36.6 Å². The first-order valence-electron chi connectivity index (χ1n) is 11.0. The molecule has 2 aromatic rings.